The first kappa shape index (κ1) is 12.7. The zero-order valence-electron chi connectivity index (χ0n) is 9.71. The Morgan fingerprint density at radius 2 is 2.00 bits per heavy atom. The maximum absolute atomic E-state index is 11.9. The fraction of sp³-hybridized carbons (Fsp3) is 0.222. The van der Waals surface area contributed by atoms with Crippen LogP contribution in [0.15, 0.2) is 16.5 Å². The molecule has 2 aromatic rings. The molecule has 2 aromatic heterocycles. The monoisotopic (exact) mass is 285 g/mol. The van der Waals surface area contributed by atoms with Crippen molar-refractivity contribution in [1.29, 1.82) is 0 Å². The third kappa shape index (κ3) is 2.74. The Labute approximate surface area is 108 Å². The normalized spacial score (nSPS) is 11.4. The number of anilines is 2. The lowest BCUT2D eigenvalue weighted by atomic mass is 10.2. The standard InChI is InChI=1S/C9H11N5O2S2/c1-5-3-6(2)11-7(4-5)14-18(15,16)9-13-12-8(10)17-9/h3-4H,1-2H3,(H2,10,12)(H,11,14). The van der Waals surface area contributed by atoms with Crippen LogP contribution in [0, 0.1) is 13.8 Å². The van der Waals surface area contributed by atoms with Gasteiger partial charge in [-0.25, -0.2) is 4.98 Å². The van der Waals surface area contributed by atoms with Gasteiger partial charge in [0.15, 0.2) is 0 Å². The van der Waals surface area contributed by atoms with Crippen molar-refractivity contribution < 1.29 is 8.42 Å². The highest BCUT2D eigenvalue weighted by molar-refractivity contribution is 7.94. The minimum absolute atomic E-state index is 0.101. The van der Waals surface area contributed by atoms with E-state index in [1.54, 1.807) is 13.0 Å². The van der Waals surface area contributed by atoms with Gasteiger partial charge >= 0.3 is 0 Å². The van der Waals surface area contributed by atoms with Crippen molar-refractivity contribution in [2.45, 2.75) is 18.2 Å². The number of sulfonamides is 1. The second kappa shape index (κ2) is 4.50. The molecule has 2 rings (SSSR count). The molecule has 0 saturated heterocycles. The number of nitrogen functional groups attached to an aromatic ring is 1. The first-order chi connectivity index (χ1) is 8.37. The number of aromatic nitrogens is 3. The van der Waals surface area contributed by atoms with Crippen LogP contribution in [0.4, 0.5) is 10.9 Å². The van der Waals surface area contributed by atoms with E-state index >= 15 is 0 Å². The molecule has 3 N–H and O–H groups in total. The number of rotatable bonds is 3. The molecule has 7 nitrogen and oxygen atoms in total. The van der Waals surface area contributed by atoms with Crippen LogP contribution in [0.2, 0.25) is 0 Å². The van der Waals surface area contributed by atoms with E-state index in [0.29, 0.717) is 0 Å². The summed E-state index contributed by atoms with van der Waals surface area (Å²) in [6.07, 6.45) is 0. The maximum Gasteiger partial charge on any atom is 0.292 e. The molecular formula is C9H11N5O2S2. The summed E-state index contributed by atoms with van der Waals surface area (Å²) in [5.41, 5.74) is 6.99. The maximum atomic E-state index is 11.9. The first-order valence-electron chi connectivity index (χ1n) is 4.94. The molecule has 0 bridgehead atoms. The molecule has 0 aliphatic heterocycles. The molecule has 0 spiro atoms. The van der Waals surface area contributed by atoms with E-state index in [9.17, 15) is 8.42 Å². The van der Waals surface area contributed by atoms with E-state index in [-0.39, 0.29) is 15.3 Å². The largest absolute Gasteiger partial charge is 0.374 e. The molecule has 9 heteroatoms. The molecule has 0 aliphatic rings. The minimum Gasteiger partial charge on any atom is -0.374 e. The van der Waals surface area contributed by atoms with Gasteiger partial charge < -0.3 is 5.73 Å². The van der Waals surface area contributed by atoms with Gasteiger partial charge in [-0.15, -0.1) is 10.2 Å². The third-order valence-electron chi connectivity index (χ3n) is 1.99. The molecule has 0 radical (unpaired) electrons. The molecular weight excluding hydrogens is 274 g/mol. The smallest absolute Gasteiger partial charge is 0.292 e. The van der Waals surface area contributed by atoms with Gasteiger partial charge in [0.1, 0.15) is 5.82 Å². The van der Waals surface area contributed by atoms with Crippen molar-refractivity contribution in [2.24, 2.45) is 0 Å². The second-order valence-corrected chi connectivity index (χ2v) is 6.55. The van der Waals surface area contributed by atoms with Gasteiger partial charge in [0.25, 0.3) is 14.4 Å². The summed E-state index contributed by atoms with van der Waals surface area (Å²) < 4.78 is 26.0. The van der Waals surface area contributed by atoms with Crippen LogP contribution in [0.1, 0.15) is 11.3 Å². The van der Waals surface area contributed by atoms with E-state index < -0.39 is 10.0 Å². The predicted octanol–water partition coefficient (Wildman–Crippen LogP) is 0.933. The summed E-state index contributed by atoms with van der Waals surface area (Å²) >= 11 is 0.800. The quantitative estimate of drug-likeness (QED) is 0.868. The van der Waals surface area contributed by atoms with E-state index in [1.165, 1.54) is 0 Å². The fourth-order valence-electron chi connectivity index (χ4n) is 1.40. The molecule has 18 heavy (non-hydrogen) atoms. The Kier molecular flexibility index (Phi) is 3.18. The molecule has 0 unspecified atom stereocenters. The summed E-state index contributed by atoms with van der Waals surface area (Å²) in [5.74, 6) is 0.251. The van der Waals surface area contributed by atoms with Crippen molar-refractivity contribution >= 4 is 32.3 Å². The van der Waals surface area contributed by atoms with Crippen LogP contribution < -0.4 is 10.5 Å². The van der Waals surface area contributed by atoms with Gasteiger partial charge in [-0.3, -0.25) is 4.72 Å². The Morgan fingerprint density at radius 3 is 2.56 bits per heavy atom. The van der Waals surface area contributed by atoms with Crippen LogP contribution in [-0.4, -0.2) is 23.6 Å². The molecule has 96 valence electrons. The SMILES string of the molecule is Cc1cc(C)nc(NS(=O)(=O)c2nnc(N)s2)c1. The molecule has 0 aliphatic carbocycles. The number of nitrogens with two attached hydrogens (primary N) is 1. The lowest BCUT2D eigenvalue weighted by molar-refractivity contribution is 0.599. The number of nitrogens with one attached hydrogen (secondary N) is 1. The first-order valence-corrected chi connectivity index (χ1v) is 7.24. The van der Waals surface area contributed by atoms with Crippen molar-refractivity contribution in [3.05, 3.63) is 23.4 Å². The summed E-state index contributed by atoms with van der Waals surface area (Å²) in [6, 6.07) is 3.48. The topological polar surface area (TPSA) is 111 Å². The van der Waals surface area contributed by atoms with Crippen molar-refractivity contribution in [3.8, 4) is 0 Å². The molecule has 0 saturated carbocycles. The van der Waals surface area contributed by atoms with Gasteiger partial charge in [-0.1, -0.05) is 11.3 Å². The van der Waals surface area contributed by atoms with E-state index in [0.717, 1.165) is 22.6 Å². The van der Waals surface area contributed by atoms with Crippen molar-refractivity contribution in [1.82, 2.24) is 15.2 Å². The van der Waals surface area contributed by atoms with Gasteiger partial charge in [-0.05, 0) is 31.5 Å². The van der Waals surface area contributed by atoms with Crippen molar-refractivity contribution in [2.75, 3.05) is 10.5 Å². The molecule has 0 aromatic carbocycles. The number of nitrogens with zero attached hydrogens (tertiary/aromatic N) is 3. The number of hydrogen-bond donors (Lipinski definition) is 2. The zero-order chi connectivity index (χ0) is 13.3. The van der Waals surface area contributed by atoms with Crippen LogP contribution >= 0.6 is 11.3 Å². The summed E-state index contributed by atoms with van der Waals surface area (Å²) in [4.78, 5) is 4.09. The number of hydrogen-bond acceptors (Lipinski definition) is 7. The zero-order valence-corrected chi connectivity index (χ0v) is 11.3. The Balaban J connectivity index is 2.33. The summed E-state index contributed by atoms with van der Waals surface area (Å²) in [5, 5.41) is 7.06. The second-order valence-electron chi connectivity index (χ2n) is 3.68. The van der Waals surface area contributed by atoms with Crippen LogP contribution in [-0.2, 0) is 10.0 Å². The fourth-order valence-corrected chi connectivity index (χ4v) is 3.18. The van der Waals surface area contributed by atoms with Crippen LogP contribution in [0.25, 0.3) is 0 Å². The van der Waals surface area contributed by atoms with E-state index in [2.05, 4.69) is 19.9 Å². The van der Waals surface area contributed by atoms with E-state index in [1.807, 2.05) is 13.0 Å². The predicted molar refractivity (Wildman–Crippen MR) is 68.8 cm³/mol. The summed E-state index contributed by atoms with van der Waals surface area (Å²) in [7, 11) is -3.77. The van der Waals surface area contributed by atoms with Crippen molar-refractivity contribution in [3.63, 3.8) is 0 Å². The number of pyridine rings is 1. The van der Waals surface area contributed by atoms with Crippen LogP contribution in [0.3, 0.4) is 0 Å². The average molecular weight is 285 g/mol. The Bertz CT molecular complexity index is 660. The number of aryl methyl sites for hydroxylation is 2. The highest BCUT2D eigenvalue weighted by Crippen LogP contribution is 2.20. The van der Waals surface area contributed by atoms with Crippen LogP contribution in [0.5, 0.6) is 0 Å². The molecule has 0 fully saturated rings. The van der Waals surface area contributed by atoms with Gasteiger partial charge in [0, 0.05) is 5.69 Å². The van der Waals surface area contributed by atoms with Gasteiger partial charge in [-0.2, -0.15) is 8.42 Å². The Morgan fingerprint density at radius 1 is 1.28 bits per heavy atom. The molecule has 0 atom stereocenters. The lowest BCUT2D eigenvalue weighted by Gasteiger charge is -2.06. The molecule has 0 amide bonds. The highest BCUT2D eigenvalue weighted by atomic mass is 32.2. The van der Waals surface area contributed by atoms with Gasteiger partial charge in [0.05, 0.1) is 0 Å². The third-order valence-corrected chi connectivity index (χ3v) is 4.46. The summed E-state index contributed by atoms with van der Waals surface area (Å²) in [6.45, 7) is 3.64. The Hall–Kier alpha value is -1.74. The highest BCUT2D eigenvalue weighted by Gasteiger charge is 2.20. The minimum atomic E-state index is -3.77. The van der Waals surface area contributed by atoms with Gasteiger partial charge in [0.2, 0.25) is 5.13 Å². The van der Waals surface area contributed by atoms with E-state index in [4.69, 9.17) is 5.73 Å². The average Bonchev–Trinajstić information content (AvgIpc) is 2.62. The lowest BCUT2D eigenvalue weighted by Crippen LogP contribution is -2.14. The molecule has 2 heterocycles.